The number of hydrogen-bond donors (Lipinski definition) is 1. The van der Waals surface area contributed by atoms with E-state index >= 15 is 0 Å². The number of amides is 1. The van der Waals surface area contributed by atoms with E-state index in [1.165, 1.54) is 25.8 Å². The number of ether oxygens (including phenoxy) is 2. The first-order valence-electron chi connectivity index (χ1n) is 9.84. The third kappa shape index (κ3) is 6.29. The molecular weight excluding hydrogens is 328 g/mol. The minimum Gasteiger partial charge on any atom is -0.494 e. The van der Waals surface area contributed by atoms with E-state index < -0.39 is 5.60 Å². The van der Waals surface area contributed by atoms with E-state index in [1.54, 1.807) is 13.8 Å². The van der Waals surface area contributed by atoms with Crippen LogP contribution in [0.1, 0.15) is 53.4 Å². The molecule has 1 atom stereocenters. The lowest BCUT2D eigenvalue weighted by Gasteiger charge is -2.33. The van der Waals surface area contributed by atoms with Crippen LogP contribution < -0.4 is 10.1 Å². The van der Waals surface area contributed by atoms with E-state index in [4.69, 9.17) is 9.47 Å². The van der Waals surface area contributed by atoms with Gasteiger partial charge in [-0.15, -0.1) is 0 Å². The first-order chi connectivity index (χ1) is 12.4. The average molecular weight is 363 g/mol. The predicted molar refractivity (Wildman–Crippen MR) is 106 cm³/mol. The summed E-state index contributed by atoms with van der Waals surface area (Å²) < 4.78 is 11.3. The van der Waals surface area contributed by atoms with Gasteiger partial charge in [0.05, 0.1) is 6.61 Å². The van der Waals surface area contributed by atoms with E-state index in [0.717, 1.165) is 24.4 Å². The summed E-state index contributed by atoms with van der Waals surface area (Å²) in [5.74, 6) is 0.683. The van der Waals surface area contributed by atoms with Gasteiger partial charge in [-0.25, -0.2) is 0 Å². The minimum absolute atomic E-state index is 0.149. The van der Waals surface area contributed by atoms with E-state index in [2.05, 4.69) is 17.1 Å². The summed E-state index contributed by atoms with van der Waals surface area (Å²) >= 11 is 0. The van der Waals surface area contributed by atoms with Crippen LogP contribution in [0.4, 0.5) is 5.69 Å². The number of piperidine rings is 1. The van der Waals surface area contributed by atoms with Gasteiger partial charge in [-0.05, 0) is 77.8 Å². The summed E-state index contributed by atoms with van der Waals surface area (Å²) in [4.78, 5) is 14.8. The topological polar surface area (TPSA) is 50.8 Å². The number of likely N-dealkylation sites (tertiary alicyclic amines) is 1. The van der Waals surface area contributed by atoms with Crippen molar-refractivity contribution in [2.24, 2.45) is 0 Å². The maximum absolute atomic E-state index is 12.2. The number of carbonyl (C=O) groups is 1. The molecule has 26 heavy (non-hydrogen) atoms. The highest BCUT2D eigenvalue weighted by Crippen LogP contribution is 2.19. The number of anilines is 1. The van der Waals surface area contributed by atoms with Gasteiger partial charge < -0.3 is 19.7 Å². The van der Waals surface area contributed by atoms with Crippen molar-refractivity contribution in [3.63, 3.8) is 0 Å². The fourth-order valence-corrected chi connectivity index (χ4v) is 3.29. The first-order valence-corrected chi connectivity index (χ1v) is 9.84. The molecule has 1 aliphatic heterocycles. The zero-order valence-electron chi connectivity index (χ0n) is 16.7. The van der Waals surface area contributed by atoms with Crippen molar-refractivity contribution >= 4 is 11.6 Å². The Morgan fingerprint density at radius 2 is 2.00 bits per heavy atom. The number of nitrogens with zero attached hydrogens (tertiary/aromatic N) is 1. The number of nitrogens with one attached hydrogen (secondary N) is 1. The Kier molecular flexibility index (Phi) is 7.91. The summed E-state index contributed by atoms with van der Waals surface area (Å²) in [5, 5.41) is 2.88. The van der Waals surface area contributed by atoms with Crippen molar-refractivity contribution in [3.05, 3.63) is 24.3 Å². The second-order valence-electron chi connectivity index (χ2n) is 7.50. The van der Waals surface area contributed by atoms with Crippen LogP contribution in [0.3, 0.4) is 0 Å². The van der Waals surface area contributed by atoms with E-state index in [-0.39, 0.29) is 5.91 Å². The van der Waals surface area contributed by atoms with Crippen molar-refractivity contribution in [3.8, 4) is 5.75 Å². The second kappa shape index (κ2) is 9.93. The van der Waals surface area contributed by atoms with Gasteiger partial charge in [0.15, 0.2) is 0 Å². The molecule has 1 heterocycles. The lowest BCUT2D eigenvalue weighted by atomic mass is 10.0. The molecule has 1 N–H and O–H groups in total. The number of rotatable bonds is 9. The Hall–Kier alpha value is -1.59. The molecule has 1 fully saturated rings. The monoisotopic (exact) mass is 362 g/mol. The Morgan fingerprint density at radius 1 is 1.27 bits per heavy atom. The highest BCUT2D eigenvalue weighted by atomic mass is 16.5. The molecule has 1 saturated heterocycles. The van der Waals surface area contributed by atoms with Gasteiger partial charge in [0.2, 0.25) is 0 Å². The molecule has 1 amide bonds. The summed E-state index contributed by atoms with van der Waals surface area (Å²) in [5.41, 5.74) is -0.0903. The largest absolute Gasteiger partial charge is 0.494 e. The SMILES string of the molecule is CCOC(C)(C)C(=O)Nc1ccc(OCCCN2CCCCC2C)cc1. The van der Waals surface area contributed by atoms with Crippen LogP contribution >= 0.6 is 0 Å². The van der Waals surface area contributed by atoms with Crippen LogP contribution in [0.2, 0.25) is 0 Å². The molecule has 1 aliphatic rings. The van der Waals surface area contributed by atoms with Crippen LogP contribution in [0.15, 0.2) is 24.3 Å². The smallest absolute Gasteiger partial charge is 0.256 e. The Bertz CT molecular complexity index is 557. The molecule has 5 heteroatoms. The van der Waals surface area contributed by atoms with Gasteiger partial charge in [-0.2, -0.15) is 0 Å². The van der Waals surface area contributed by atoms with Crippen LogP contribution in [0, 0.1) is 0 Å². The fraction of sp³-hybridized carbons (Fsp3) is 0.667. The second-order valence-corrected chi connectivity index (χ2v) is 7.50. The van der Waals surface area contributed by atoms with Crippen molar-refractivity contribution in [2.45, 2.75) is 65.0 Å². The molecule has 0 radical (unpaired) electrons. The normalized spacial score (nSPS) is 18.5. The zero-order chi connectivity index (χ0) is 19.0. The van der Waals surface area contributed by atoms with Crippen molar-refractivity contribution < 1.29 is 14.3 Å². The Labute approximate surface area is 158 Å². The lowest BCUT2D eigenvalue weighted by molar-refractivity contribution is -0.136. The molecule has 1 aromatic carbocycles. The molecule has 146 valence electrons. The van der Waals surface area contributed by atoms with Gasteiger partial charge in [0.25, 0.3) is 5.91 Å². The standard InChI is InChI=1S/C21H34N2O3/c1-5-26-21(3,4)20(24)22-18-10-12-19(13-11-18)25-16-8-15-23-14-7-6-9-17(23)2/h10-13,17H,5-9,14-16H2,1-4H3,(H,22,24). The maximum Gasteiger partial charge on any atom is 0.256 e. The molecule has 5 nitrogen and oxygen atoms in total. The van der Waals surface area contributed by atoms with Gasteiger partial charge in [0, 0.05) is 24.9 Å². The number of hydrogen-bond acceptors (Lipinski definition) is 4. The quantitative estimate of drug-likeness (QED) is 0.673. The van der Waals surface area contributed by atoms with Crippen molar-refractivity contribution in [2.75, 3.05) is 31.6 Å². The number of carbonyl (C=O) groups excluding carboxylic acids is 1. The van der Waals surface area contributed by atoms with E-state index in [0.29, 0.717) is 19.3 Å². The molecule has 0 aliphatic carbocycles. The highest BCUT2D eigenvalue weighted by Gasteiger charge is 2.27. The third-order valence-corrected chi connectivity index (χ3v) is 4.96. The summed E-state index contributed by atoms with van der Waals surface area (Å²) in [6, 6.07) is 8.22. The van der Waals surface area contributed by atoms with Gasteiger partial charge in [-0.1, -0.05) is 6.42 Å². The average Bonchev–Trinajstić information content (AvgIpc) is 2.61. The zero-order valence-corrected chi connectivity index (χ0v) is 16.7. The fourth-order valence-electron chi connectivity index (χ4n) is 3.29. The van der Waals surface area contributed by atoms with Gasteiger partial charge in [-0.3, -0.25) is 4.79 Å². The Balaban J connectivity index is 1.72. The first kappa shape index (κ1) is 20.7. The van der Waals surface area contributed by atoms with Crippen LogP contribution in [0.5, 0.6) is 5.75 Å². The third-order valence-electron chi connectivity index (χ3n) is 4.96. The van der Waals surface area contributed by atoms with Crippen LogP contribution in [0.25, 0.3) is 0 Å². The maximum atomic E-state index is 12.2. The summed E-state index contributed by atoms with van der Waals surface area (Å²) in [7, 11) is 0. The van der Waals surface area contributed by atoms with Crippen LogP contribution in [-0.2, 0) is 9.53 Å². The predicted octanol–water partition coefficient (Wildman–Crippen LogP) is 4.08. The van der Waals surface area contributed by atoms with E-state index in [9.17, 15) is 4.79 Å². The number of benzene rings is 1. The molecule has 2 rings (SSSR count). The van der Waals surface area contributed by atoms with Crippen molar-refractivity contribution in [1.29, 1.82) is 0 Å². The molecule has 1 aromatic rings. The molecular formula is C21H34N2O3. The van der Waals surface area contributed by atoms with Crippen molar-refractivity contribution in [1.82, 2.24) is 4.90 Å². The van der Waals surface area contributed by atoms with E-state index in [1.807, 2.05) is 31.2 Å². The molecule has 0 aromatic heterocycles. The summed E-state index contributed by atoms with van der Waals surface area (Å²) in [6.07, 6.45) is 5.02. The lowest BCUT2D eigenvalue weighted by Crippen LogP contribution is -2.39. The Morgan fingerprint density at radius 3 is 2.65 bits per heavy atom. The highest BCUT2D eigenvalue weighted by molar-refractivity contribution is 5.96. The molecule has 0 spiro atoms. The van der Waals surface area contributed by atoms with Crippen LogP contribution in [-0.4, -0.2) is 48.8 Å². The van der Waals surface area contributed by atoms with Gasteiger partial charge in [0.1, 0.15) is 11.4 Å². The molecule has 0 bridgehead atoms. The molecule has 0 saturated carbocycles. The van der Waals surface area contributed by atoms with Gasteiger partial charge >= 0.3 is 0 Å². The summed E-state index contributed by atoms with van der Waals surface area (Å²) in [6.45, 7) is 11.3. The minimum atomic E-state index is -0.838. The molecule has 1 unspecified atom stereocenters.